The molecule has 6 heterocycles. The summed E-state index contributed by atoms with van der Waals surface area (Å²) in [5, 5.41) is 11.3. The van der Waals surface area contributed by atoms with Gasteiger partial charge in [-0.3, -0.25) is 9.79 Å². The van der Waals surface area contributed by atoms with E-state index in [0.29, 0.717) is 18.3 Å². The Morgan fingerprint density at radius 1 is 0.679 bits per heavy atom. The Balaban J connectivity index is 0.000000139. The zero-order chi connectivity index (χ0) is 38.4. The monoisotopic (exact) mass is 744 g/mol. The van der Waals surface area contributed by atoms with Crippen molar-refractivity contribution in [2.45, 2.75) is 91.9 Å². The number of H-pyrrole nitrogens is 2. The molecule has 0 spiro atoms. The molecule has 0 saturated heterocycles. The van der Waals surface area contributed by atoms with Gasteiger partial charge in [0, 0.05) is 57.5 Å². The van der Waals surface area contributed by atoms with Crippen molar-refractivity contribution in [3.63, 3.8) is 0 Å². The topological polar surface area (TPSA) is 151 Å². The van der Waals surface area contributed by atoms with Gasteiger partial charge in [0.1, 0.15) is 23.2 Å². The number of anilines is 1. The molecule has 0 bridgehead atoms. The highest BCUT2D eigenvalue weighted by molar-refractivity contribution is 6.27. The van der Waals surface area contributed by atoms with Gasteiger partial charge in [-0.05, 0) is 132 Å². The van der Waals surface area contributed by atoms with Gasteiger partial charge in [-0.15, -0.1) is 0 Å². The summed E-state index contributed by atoms with van der Waals surface area (Å²) in [7, 11) is 0. The second-order valence-corrected chi connectivity index (χ2v) is 16.0. The number of hydrogen-bond donors (Lipinski definition) is 3. The van der Waals surface area contributed by atoms with E-state index in [1.54, 1.807) is 0 Å². The van der Waals surface area contributed by atoms with Crippen LogP contribution in [-0.4, -0.2) is 48.4 Å². The number of hydrogen-bond acceptors (Lipinski definition) is 8. The number of benzene rings is 3. The van der Waals surface area contributed by atoms with Crippen molar-refractivity contribution in [3.05, 3.63) is 93.7 Å². The SMILES string of the molecule is CC1=NCC(C)=C1c1cc(-c2c(C)noc2C)cc2[nH]c(C3CC3)nc12.Cc1noc(C)c1-c1cc(-c2cccc3c2CCC(=O)N3)c2nc(C3CC3)[nH]c2c1. The van der Waals surface area contributed by atoms with Crippen molar-refractivity contribution in [1.29, 1.82) is 0 Å². The third kappa shape index (κ3) is 5.88. The lowest BCUT2D eigenvalue weighted by molar-refractivity contribution is -0.116. The van der Waals surface area contributed by atoms with Crippen LogP contribution in [0.4, 0.5) is 5.69 Å². The molecule has 2 aliphatic heterocycles. The summed E-state index contributed by atoms with van der Waals surface area (Å²) in [5.74, 6) is 5.04. The van der Waals surface area contributed by atoms with E-state index in [-0.39, 0.29) is 5.91 Å². The maximum atomic E-state index is 11.9. The fourth-order valence-corrected chi connectivity index (χ4v) is 8.65. The Bertz CT molecular complexity index is 2780. The zero-order valence-corrected chi connectivity index (χ0v) is 32.6. The minimum Gasteiger partial charge on any atom is -0.361 e. The van der Waals surface area contributed by atoms with Crippen molar-refractivity contribution < 1.29 is 13.8 Å². The molecule has 282 valence electrons. The van der Waals surface area contributed by atoms with Gasteiger partial charge in [0.25, 0.3) is 0 Å². The van der Waals surface area contributed by atoms with E-state index in [1.165, 1.54) is 42.4 Å². The third-order valence-corrected chi connectivity index (χ3v) is 11.7. The molecule has 2 fully saturated rings. The van der Waals surface area contributed by atoms with Gasteiger partial charge in [-0.1, -0.05) is 22.4 Å². The van der Waals surface area contributed by atoms with Gasteiger partial charge in [0.05, 0.1) is 40.0 Å². The predicted molar refractivity (Wildman–Crippen MR) is 219 cm³/mol. The van der Waals surface area contributed by atoms with E-state index in [4.69, 9.17) is 19.0 Å². The summed E-state index contributed by atoms with van der Waals surface area (Å²) in [4.78, 5) is 33.7. The molecule has 3 aromatic carbocycles. The van der Waals surface area contributed by atoms with Crippen LogP contribution in [-0.2, 0) is 11.2 Å². The maximum Gasteiger partial charge on any atom is 0.224 e. The number of carbonyl (C=O) groups excluding carboxylic acids is 1. The number of fused-ring (bicyclic) bond motifs is 3. The Kier molecular flexibility index (Phi) is 7.98. The third-order valence-electron chi connectivity index (χ3n) is 11.7. The number of rotatable bonds is 6. The van der Waals surface area contributed by atoms with Crippen LogP contribution in [0.15, 0.2) is 62.1 Å². The standard InChI is InChI=1S/C24H22N4O2.C21H22N4O/c1-12-22(13(2)30-28-12)15-10-18(23-20(11-15)26-24(27-23)14-6-7-14)16-4-3-5-19-17(16)8-9-21(29)25-19;1-10-9-22-11(2)18(10)16-7-15(19-12(3)25-26-13(19)4)8-17-20(16)24-21(23-17)14-5-6-14/h3-5,10-11,14H,6-9H2,1-2H3,(H,25,29)(H,26,27);7-8,14H,5-6,9H2,1-4H3,(H,23,24). The summed E-state index contributed by atoms with van der Waals surface area (Å²) in [6.07, 6.45) is 6.08. The molecule has 2 saturated carbocycles. The average Bonchev–Trinajstić information content (AvgIpc) is 4.02. The normalized spacial score (nSPS) is 16.7. The van der Waals surface area contributed by atoms with Crippen LogP contribution in [0, 0.1) is 27.7 Å². The first kappa shape index (κ1) is 34.4. The van der Waals surface area contributed by atoms with Crippen LogP contribution >= 0.6 is 0 Å². The lowest BCUT2D eigenvalue weighted by Crippen LogP contribution is -2.19. The summed E-state index contributed by atoms with van der Waals surface area (Å²) in [5.41, 5.74) is 19.3. The first-order valence-corrected chi connectivity index (χ1v) is 19.7. The number of aromatic nitrogens is 6. The highest BCUT2D eigenvalue weighted by Crippen LogP contribution is 2.44. The van der Waals surface area contributed by atoms with E-state index >= 15 is 0 Å². The summed E-state index contributed by atoms with van der Waals surface area (Å²) in [6.45, 7) is 12.9. The number of allylic oxidation sites excluding steroid dienone is 1. The van der Waals surface area contributed by atoms with Gasteiger partial charge in [0.15, 0.2) is 0 Å². The molecule has 56 heavy (non-hydrogen) atoms. The van der Waals surface area contributed by atoms with Crippen LogP contribution in [0.25, 0.3) is 61.0 Å². The molecule has 11 rings (SSSR count). The maximum absolute atomic E-state index is 11.9. The Morgan fingerprint density at radius 2 is 1.25 bits per heavy atom. The van der Waals surface area contributed by atoms with E-state index < -0.39 is 0 Å². The van der Waals surface area contributed by atoms with Gasteiger partial charge in [-0.25, -0.2) is 9.97 Å². The van der Waals surface area contributed by atoms with E-state index in [9.17, 15) is 4.79 Å². The molecule has 3 N–H and O–H groups in total. The number of nitrogens with zero attached hydrogens (tertiary/aromatic N) is 5. The van der Waals surface area contributed by atoms with Crippen LogP contribution < -0.4 is 5.32 Å². The minimum absolute atomic E-state index is 0.0741. The molecule has 1 amide bonds. The van der Waals surface area contributed by atoms with Crippen molar-refractivity contribution in [2.75, 3.05) is 11.9 Å². The van der Waals surface area contributed by atoms with Crippen molar-refractivity contribution in [2.24, 2.45) is 4.99 Å². The largest absolute Gasteiger partial charge is 0.361 e. The average molecular weight is 745 g/mol. The number of aromatic amines is 2. The van der Waals surface area contributed by atoms with Crippen LogP contribution in [0.1, 0.15) is 103 Å². The van der Waals surface area contributed by atoms with Crippen LogP contribution in [0.2, 0.25) is 0 Å². The zero-order valence-electron chi connectivity index (χ0n) is 32.6. The molecular formula is C45H44N8O3. The van der Waals surface area contributed by atoms with Crippen molar-refractivity contribution >= 4 is 44.9 Å². The highest BCUT2D eigenvalue weighted by Gasteiger charge is 2.30. The van der Waals surface area contributed by atoms with Crippen molar-refractivity contribution in [1.82, 2.24) is 30.2 Å². The summed E-state index contributed by atoms with van der Waals surface area (Å²) in [6, 6.07) is 14.9. The molecule has 11 heteroatoms. The number of aliphatic imine (C=N–C) groups is 1. The van der Waals surface area contributed by atoms with Crippen molar-refractivity contribution in [3.8, 4) is 33.4 Å². The first-order chi connectivity index (χ1) is 27.1. The summed E-state index contributed by atoms with van der Waals surface area (Å²) < 4.78 is 10.9. The minimum atomic E-state index is 0.0741. The molecular weight excluding hydrogens is 701 g/mol. The molecule has 0 atom stereocenters. The quantitative estimate of drug-likeness (QED) is 0.153. The molecule has 2 aliphatic carbocycles. The number of nitrogens with one attached hydrogen (secondary N) is 3. The lowest BCUT2D eigenvalue weighted by atomic mass is 9.90. The van der Waals surface area contributed by atoms with Crippen LogP contribution in [0.5, 0.6) is 0 Å². The van der Waals surface area contributed by atoms with Gasteiger partial charge in [-0.2, -0.15) is 0 Å². The van der Waals surface area contributed by atoms with Crippen LogP contribution in [0.3, 0.4) is 0 Å². The second kappa shape index (κ2) is 13.0. The number of amides is 1. The smallest absolute Gasteiger partial charge is 0.224 e. The number of aryl methyl sites for hydroxylation is 4. The van der Waals surface area contributed by atoms with Gasteiger partial charge in [0.2, 0.25) is 5.91 Å². The first-order valence-electron chi connectivity index (χ1n) is 19.7. The second-order valence-electron chi connectivity index (χ2n) is 16.0. The number of carbonyl (C=O) groups is 1. The molecule has 0 radical (unpaired) electrons. The molecule has 7 aromatic rings. The van der Waals surface area contributed by atoms with E-state index in [2.05, 4.69) is 74.8 Å². The lowest BCUT2D eigenvalue weighted by Gasteiger charge is -2.20. The fraction of sp³-hybridized carbons (Fsp3) is 0.333. The number of imidazole rings is 2. The van der Waals surface area contributed by atoms with E-state index in [1.807, 2.05) is 39.8 Å². The predicted octanol–water partition coefficient (Wildman–Crippen LogP) is 10.2. The Labute approximate surface area is 324 Å². The summed E-state index contributed by atoms with van der Waals surface area (Å²) >= 11 is 0. The molecule has 4 aliphatic rings. The molecule has 11 nitrogen and oxygen atoms in total. The fourth-order valence-electron chi connectivity index (χ4n) is 8.65. The Morgan fingerprint density at radius 3 is 1.77 bits per heavy atom. The van der Waals surface area contributed by atoms with Gasteiger partial charge >= 0.3 is 0 Å². The van der Waals surface area contributed by atoms with Gasteiger partial charge < -0.3 is 24.3 Å². The molecule has 0 unspecified atom stereocenters. The highest BCUT2D eigenvalue weighted by atomic mass is 16.5. The molecule has 4 aromatic heterocycles. The van der Waals surface area contributed by atoms with E-state index in [0.717, 1.165) is 120 Å². The Hall–Kier alpha value is -6.10.